The minimum absolute atomic E-state index is 0.312. The lowest BCUT2D eigenvalue weighted by Crippen LogP contribution is -2.21. The van der Waals surface area contributed by atoms with Gasteiger partial charge in [0, 0.05) is 23.7 Å². The summed E-state index contributed by atoms with van der Waals surface area (Å²) in [4.78, 5) is 9.88. The van der Waals surface area contributed by atoms with Crippen LogP contribution in [0.3, 0.4) is 0 Å². The van der Waals surface area contributed by atoms with Crippen LogP contribution in [0.1, 0.15) is 37.8 Å². The van der Waals surface area contributed by atoms with Crippen LogP contribution in [0.25, 0.3) is 10.7 Å². The summed E-state index contributed by atoms with van der Waals surface area (Å²) in [5, 5.41) is 4.07. The Morgan fingerprint density at radius 1 is 1.40 bits per heavy atom. The Balaban J connectivity index is 2.31. The van der Waals surface area contributed by atoms with Gasteiger partial charge in [-0.3, -0.25) is 4.98 Å². The second-order valence-corrected chi connectivity index (χ2v) is 6.09. The molecule has 0 spiro atoms. The number of pyridine rings is 1. The molecule has 0 fully saturated rings. The van der Waals surface area contributed by atoms with Crippen molar-refractivity contribution in [3.63, 3.8) is 0 Å². The molecule has 0 saturated heterocycles. The van der Waals surface area contributed by atoms with Gasteiger partial charge in [-0.05, 0) is 18.6 Å². The standard InChI is InChI=1S/C15H20FN3S/c1-4-6-12-13(9-18-10(2)3)20-15(19-12)14-11(16)7-5-8-17-14/h5,7-8,10,18H,4,6,9H2,1-3H3. The van der Waals surface area contributed by atoms with Crippen LogP contribution in [0.5, 0.6) is 0 Å². The second-order valence-electron chi connectivity index (χ2n) is 5.01. The maximum Gasteiger partial charge on any atom is 0.151 e. The lowest BCUT2D eigenvalue weighted by atomic mass is 10.2. The molecule has 1 N–H and O–H groups in total. The highest BCUT2D eigenvalue weighted by Gasteiger charge is 2.15. The fraction of sp³-hybridized carbons (Fsp3) is 0.467. The first-order valence-electron chi connectivity index (χ1n) is 6.94. The molecule has 2 rings (SSSR count). The van der Waals surface area contributed by atoms with E-state index in [1.54, 1.807) is 12.3 Å². The molecule has 0 aromatic carbocycles. The number of rotatable bonds is 6. The molecule has 0 amide bonds. The maximum atomic E-state index is 13.8. The van der Waals surface area contributed by atoms with Crippen molar-refractivity contribution in [3.8, 4) is 10.7 Å². The first-order chi connectivity index (χ1) is 9.61. The highest BCUT2D eigenvalue weighted by atomic mass is 32.1. The molecule has 2 heterocycles. The average molecular weight is 293 g/mol. The number of hydrogen-bond acceptors (Lipinski definition) is 4. The highest BCUT2D eigenvalue weighted by molar-refractivity contribution is 7.15. The van der Waals surface area contributed by atoms with Crippen molar-refractivity contribution < 1.29 is 4.39 Å². The van der Waals surface area contributed by atoms with Gasteiger partial charge in [-0.2, -0.15) is 0 Å². The van der Waals surface area contributed by atoms with Crippen molar-refractivity contribution in [1.29, 1.82) is 0 Å². The molecule has 108 valence electrons. The number of nitrogens with one attached hydrogen (secondary N) is 1. The SMILES string of the molecule is CCCc1nc(-c2ncccc2F)sc1CNC(C)C. The number of halogens is 1. The summed E-state index contributed by atoms with van der Waals surface area (Å²) in [5.74, 6) is -0.312. The topological polar surface area (TPSA) is 37.8 Å². The summed E-state index contributed by atoms with van der Waals surface area (Å²) in [5.41, 5.74) is 1.41. The number of hydrogen-bond donors (Lipinski definition) is 1. The Labute approximate surface area is 123 Å². The van der Waals surface area contributed by atoms with Crippen LogP contribution in [-0.4, -0.2) is 16.0 Å². The van der Waals surface area contributed by atoms with E-state index in [0.29, 0.717) is 16.7 Å². The van der Waals surface area contributed by atoms with Gasteiger partial charge in [-0.1, -0.05) is 27.2 Å². The van der Waals surface area contributed by atoms with E-state index in [4.69, 9.17) is 0 Å². The first-order valence-corrected chi connectivity index (χ1v) is 7.76. The average Bonchev–Trinajstić information content (AvgIpc) is 2.80. The van der Waals surface area contributed by atoms with Gasteiger partial charge in [-0.15, -0.1) is 11.3 Å². The Hall–Kier alpha value is -1.33. The molecule has 0 aliphatic carbocycles. The molecule has 0 aliphatic heterocycles. The third kappa shape index (κ3) is 3.61. The first kappa shape index (κ1) is 15.1. The Bertz CT molecular complexity index is 566. The molecule has 0 saturated carbocycles. The zero-order valence-electron chi connectivity index (χ0n) is 12.1. The maximum absolute atomic E-state index is 13.8. The normalized spacial score (nSPS) is 11.2. The van der Waals surface area contributed by atoms with Crippen molar-refractivity contribution in [3.05, 3.63) is 34.7 Å². The third-order valence-corrected chi connectivity index (χ3v) is 4.00. The molecule has 0 unspecified atom stereocenters. The molecule has 2 aromatic heterocycles. The smallest absolute Gasteiger partial charge is 0.151 e. The number of aryl methyl sites for hydroxylation is 1. The van der Waals surface area contributed by atoms with Gasteiger partial charge in [0.05, 0.1) is 5.69 Å². The van der Waals surface area contributed by atoms with E-state index in [-0.39, 0.29) is 5.82 Å². The zero-order chi connectivity index (χ0) is 14.5. The van der Waals surface area contributed by atoms with E-state index in [0.717, 1.165) is 25.1 Å². The van der Waals surface area contributed by atoms with Crippen molar-refractivity contribution >= 4 is 11.3 Å². The van der Waals surface area contributed by atoms with E-state index >= 15 is 0 Å². The highest BCUT2D eigenvalue weighted by Crippen LogP contribution is 2.29. The molecule has 3 nitrogen and oxygen atoms in total. The third-order valence-electron chi connectivity index (χ3n) is 2.90. The summed E-state index contributed by atoms with van der Waals surface area (Å²) in [6.45, 7) is 7.12. The summed E-state index contributed by atoms with van der Waals surface area (Å²) < 4.78 is 13.8. The second kappa shape index (κ2) is 6.90. The van der Waals surface area contributed by atoms with Gasteiger partial charge in [0.1, 0.15) is 10.7 Å². The summed E-state index contributed by atoms with van der Waals surface area (Å²) >= 11 is 1.53. The van der Waals surface area contributed by atoms with Gasteiger partial charge < -0.3 is 5.32 Å². The largest absolute Gasteiger partial charge is 0.310 e. The molecular weight excluding hydrogens is 273 g/mol. The van der Waals surface area contributed by atoms with Crippen molar-refractivity contribution in [2.45, 2.75) is 46.2 Å². The minimum Gasteiger partial charge on any atom is -0.310 e. The van der Waals surface area contributed by atoms with Crippen LogP contribution < -0.4 is 5.32 Å². The van der Waals surface area contributed by atoms with Crippen LogP contribution in [0.4, 0.5) is 4.39 Å². The van der Waals surface area contributed by atoms with Crippen LogP contribution in [0.15, 0.2) is 18.3 Å². The van der Waals surface area contributed by atoms with Gasteiger partial charge in [0.25, 0.3) is 0 Å². The van der Waals surface area contributed by atoms with E-state index in [9.17, 15) is 4.39 Å². The zero-order valence-corrected chi connectivity index (χ0v) is 12.9. The molecule has 0 radical (unpaired) electrons. The Morgan fingerprint density at radius 3 is 2.85 bits per heavy atom. The monoisotopic (exact) mass is 293 g/mol. The van der Waals surface area contributed by atoms with E-state index in [1.807, 2.05) is 0 Å². The van der Waals surface area contributed by atoms with Gasteiger partial charge >= 0.3 is 0 Å². The molecule has 0 bridgehead atoms. The minimum atomic E-state index is -0.312. The van der Waals surface area contributed by atoms with Crippen LogP contribution in [-0.2, 0) is 13.0 Å². The molecule has 0 aliphatic rings. The van der Waals surface area contributed by atoms with Crippen LogP contribution >= 0.6 is 11.3 Å². The van der Waals surface area contributed by atoms with E-state index < -0.39 is 0 Å². The molecule has 5 heteroatoms. The fourth-order valence-corrected chi connectivity index (χ4v) is 2.95. The number of nitrogens with zero attached hydrogens (tertiary/aromatic N) is 2. The van der Waals surface area contributed by atoms with E-state index in [1.165, 1.54) is 22.3 Å². The summed E-state index contributed by atoms with van der Waals surface area (Å²) in [6, 6.07) is 3.44. The van der Waals surface area contributed by atoms with Crippen molar-refractivity contribution in [2.75, 3.05) is 0 Å². The Kier molecular flexibility index (Phi) is 5.20. The predicted molar refractivity (Wildman–Crippen MR) is 81.3 cm³/mol. The lowest BCUT2D eigenvalue weighted by Gasteiger charge is -2.07. The molecular formula is C15H20FN3S. The fourth-order valence-electron chi connectivity index (χ4n) is 1.89. The number of thiazole rings is 1. The molecule has 20 heavy (non-hydrogen) atoms. The van der Waals surface area contributed by atoms with Gasteiger partial charge in [0.2, 0.25) is 0 Å². The number of aromatic nitrogens is 2. The van der Waals surface area contributed by atoms with Crippen LogP contribution in [0.2, 0.25) is 0 Å². The van der Waals surface area contributed by atoms with Crippen molar-refractivity contribution in [1.82, 2.24) is 15.3 Å². The quantitative estimate of drug-likeness (QED) is 0.880. The molecule has 0 atom stereocenters. The lowest BCUT2D eigenvalue weighted by molar-refractivity contribution is 0.589. The van der Waals surface area contributed by atoms with Gasteiger partial charge in [0.15, 0.2) is 5.82 Å². The summed E-state index contributed by atoms with van der Waals surface area (Å²) in [7, 11) is 0. The van der Waals surface area contributed by atoms with E-state index in [2.05, 4.69) is 36.1 Å². The predicted octanol–water partition coefficient (Wildman–Crippen LogP) is 3.79. The molecule has 2 aromatic rings. The van der Waals surface area contributed by atoms with Crippen LogP contribution in [0, 0.1) is 5.82 Å². The Morgan fingerprint density at radius 2 is 2.20 bits per heavy atom. The summed E-state index contributed by atoms with van der Waals surface area (Å²) in [6.07, 6.45) is 3.55. The van der Waals surface area contributed by atoms with Gasteiger partial charge in [-0.25, -0.2) is 9.37 Å². The van der Waals surface area contributed by atoms with Crippen molar-refractivity contribution in [2.24, 2.45) is 0 Å².